The molecule has 0 fully saturated rings. The maximum absolute atomic E-state index is 11.1. The molecular formula is C10H15NO3. The van der Waals surface area contributed by atoms with Gasteiger partial charge in [0.1, 0.15) is 11.6 Å². The number of Topliss-reactive ketones (excluding diaryl/α,β-unsaturated/α-hetero) is 1. The minimum atomic E-state index is -0.713. The number of carbonyl (C=O) groups excluding carboxylic acids is 2. The molecule has 4 heteroatoms. The largest absolute Gasteiger partial charge is 0.444 e. The number of amides is 1. The standard InChI is InChI=1S/C10H15NO3/c1-6-8(12)7(2)11-9(13)14-10(3,4)5/h1,7H,2-5H3,(H,11,13)/t7-/m0/s1. The molecule has 0 aliphatic heterocycles. The van der Waals surface area contributed by atoms with E-state index in [9.17, 15) is 9.59 Å². The molecule has 0 unspecified atom stereocenters. The summed E-state index contributed by atoms with van der Waals surface area (Å²) < 4.78 is 4.93. The van der Waals surface area contributed by atoms with Gasteiger partial charge in [0.25, 0.3) is 0 Å². The normalized spacial score (nSPS) is 12.5. The Morgan fingerprint density at radius 2 is 1.93 bits per heavy atom. The van der Waals surface area contributed by atoms with E-state index in [4.69, 9.17) is 11.2 Å². The number of hydrogen-bond acceptors (Lipinski definition) is 3. The predicted molar refractivity (Wildman–Crippen MR) is 52.7 cm³/mol. The molecule has 0 saturated carbocycles. The predicted octanol–water partition coefficient (Wildman–Crippen LogP) is 1.10. The van der Waals surface area contributed by atoms with Gasteiger partial charge in [-0.25, -0.2) is 4.79 Å². The number of nitrogens with one attached hydrogen (secondary N) is 1. The van der Waals surface area contributed by atoms with Crippen molar-refractivity contribution in [3.63, 3.8) is 0 Å². The molecule has 0 aromatic heterocycles. The highest BCUT2D eigenvalue weighted by Gasteiger charge is 2.19. The van der Waals surface area contributed by atoms with Crippen LogP contribution in [0.3, 0.4) is 0 Å². The quantitative estimate of drug-likeness (QED) is 0.532. The molecule has 0 bridgehead atoms. The number of ketones is 1. The van der Waals surface area contributed by atoms with Crippen molar-refractivity contribution in [2.75, 3.05) is 0 Å². The number of alkyl carbamates (subject to hydrolysis) is 1. The monoisotopic (exact) mass is 197 g/mol. The molecule has 78 valence electrons. The van der Waals surface area contributed by atoms with E-state index >= 15 is 0 Å². The van der Waals surface area contributed by atoms with Crippen LogP contribution in [0.2, 0.25) is 0 Å². The Hall–Kier alpha value is -1.50. The molecule has 0 aliphatic carbocycles. The Bertz CT molecular complexity index is 270. The summed E-state index contributed by atoms with van der Waals surface area (Å²) in [6, 6.07) is -0.713. The van der Waals surface area contributed by atoms with E-state index in [0.29, 0.717) is 0 Å². The topological polar surface area (TPSA) is 55.4 Å². The first kappa shape index (κ1) is 12.5. The molecule has 0 aliphatic rings. The second-order valence-corrected chi connectivity index (χ2v) is 3.88. The van der Waals surface area contributed by atoms with Gasteiger partial charge in [0, 0.05) is 0 Å². The van der Waals surface area contributed by atoms with Gasteiger partial charge in [0.15, 0.2) is 0 Å². The number of rotatable bonds is 2. The van der Waals surface area contributed by atoms with Crippen LogP contribution in [-0.4, -0.2) is 23.5 Å². The molecule has 0 aromatic rings. The van der Waals surface area contributed by atoms with Gasteiger partial charge in [0.2, 0.25) is 5.78 Å². The molecule has 0 radical (unpaired) electrons. The molecular weight excluding hydrogens is 182 g/mol. The summed E-state index contributed by atoms with van der Waals surface area (Å²) in [5.74, 6) is 1.45. The van der Waals surface area contributed by atoms with Crippen molar-refractivity contribution < 1.29 is 14.3 Å². The van der Waals surface area contributed by atoms with E-state index in [1.807, 2.05) is 5.92 Å². The minimum absolute atomic E-state index is 0.476. The fraction of sp³-hybridized carbons (Fsp3) is 0.600. The third-order valence-corrected chi connectivity index (χ3v) is 1.27. The molecule has 1 amide bonds. The lowest BCUT2D eigenvalue weighted by Gasteiger charge is -2.20. The van der Waals surface area contributed by atoms with E-state index in [-0.39, 0.29) is 0 Å². The minimum Gasteiger partial charge on any atom is -0.444 e. The number of terminal acetylenes is 1. The van der Waals surface area contributed by atoms with Gasteiger partial charge < -0.3 is 10.1 Å². The van der Waals surface area contributed by atoms with Gasteiger partial charge in [-0.15, -0.1) is 6.42 Å². The first-order valence-corrected chi connectivity index (χ1v) is 4.26. The van der Waals surface area contributed by atoms with Crippen LogP contribution in [0.15, 0.2) is 0 Å². The number of ether oxygens (including phenoxy) is 1. The third-order valence-electron chi connectivity index (χ3n) is 1.27. The van der Waals surface area contributed by atoms with Crippen molar-refractivity contribution in [3.05, 3.63) is 0 Å². The molecule has 0 rings (SSSR count). The van der Waals surface area contributed by atoms with Crippen LogP contribution in [0.4, 0.5) is 4.79 Å². The highest BCUT2D eigenvalue weighted by molar-refractivity contribution is 6.00. The second-order valence-electron chi connectivity index (χ2n) is 3.88. The van der Waals surface area contributed by atoms with E-state index in [1.54, 1.807) is 20.8 Å². The van der Waals surface area contributed by atoms with Gasteiger partial charge in [-0.2, -0.15) is 0 Å². The molecule has 4 nitrogen and oxygen atoms in total. The molecule has 0 heterocycles. The summed E-state index contributed by atoms with van der Waals surface area (Å²) in [5.41, 5.74) is -0.580. The summed E-state index contributed by atoms with van der Waals surface area (Å²) in [7, 11) is 0. The zero-order valence-electron chi connectivity index (χ0n) is 8.88. The summed E-state index contributed by atoms with van der Waals surface area (Å²) in [6.45, 7) is 6.72. The van der Waals surface area contributed by atoms with Crippen LogP contribution in [0.1, 0.15) is 27.7 Å². The van der Waals surface area contributed by atoms with Gasteiger partial charge >= 0.3 is 6.09 Å². The summed E-state index contributed by atoms with van der Waals surface area (Å²) in [4.78, 5) is 22.0. The second kappa shape index (κ2) is 4.66. The maximum atomic E-state index is 11.1. The van der Waals surface area contributed by atoms with Crippen molar-refractivity contribution in [1.29, 1.82) is 0 Å². The Kier molecular flexibility index (Phi) is 4.16. The van der Waals surface area contributed by atoms with Crippen molar-refractivity contribution >= 4 is 11.9 Å². The molecule has 0 saturated heterocycles. The Labute approximate surface area is 84.0 Å². The van der Waals surface area contributed by atoms with E-state index < -0.39 is 23.5 Å². The first-order chi connectivity index (χ1) is 6.26. The lowest BCUT2D eigenvalue weighted by molar-refractivity contribution is -0.115. The summed E-state index contributed by atoms with van der Waals surface area (Å²) >= 11 is 0. The van der Waals surface area contributed by atoms with Crippen LogP contribution >= 0.6 is 0 Å². The van der Waals surface area contributed by atoms with Crippen molar-refractivity contribution in [3.8, 4) is 12.3 Å². The Morgan fingerprint density at radius 3 is 2.29 bits per heavy atom. The van der Waals surface area contributed by atoms with E-state index in [0.717, 1.165) is 0 Å². The maximum Gasteiger partial charge on any atom is 0.408 e. The fourth-order valence-corrected chi connectivity index (χ4v) is 0.675. The molecule has 0 aromatic carbocycles. The number of hydrogen-bond donors (Lipinski definition) is 1. The van der Waals surface area contributed by atoms with Crippen LogP contribution in [-0.2, 0) is 9.53 Å². The van der Waals surface area contributed by atoms with Crippen molar-refractivity contribution in [2.24, 2.45) is 0 Å². The van der Waals surface area contributed by atoms with Crippen molar-refractivity contribution in [1.82, 2.24) is 5.32 Å². The molecule has 14 heavy (non-hydrogen) atoms. The molecule has 1 N–H and O–H groups in total. The summed E-state index contributed by atoms with van der Waals surface area (Å²) in [5, 5.41) is 2.33. The lowest BCUT2D eigenvalue weighted by Crippen LogP contribution is -2.41. The van der Waals surface area contributed by atoms with Gasteiger partial charge in [-0.3, -0.25) is 4.79 Å². The van der Waals surface area contributed by atoms with Gasteiger partial charge in [0.05, 0.1) is 0 Å². The van der Waals surface area contributed by atoms with Crippen LogP contribution in [0.25, 0.3) is 0 Å². The first-order valence-electron chi connectivity index (χ1n) is 4.26. The molecule has 0 spiro atoms. The number of carbonyl (C=O) groups is 2. The average molecular weight is 197 g/mol. The summed E-state index contributed by atoms with van der Waals surface area (Å²) in [6.07, 6.45) is 4.24. The lowest BCUT2D eigenvalue weighted by atomic mass is 10.2. The van der Waals surface area contributed by atoms with Crippen LogP contribution in [0, 0.1) is 12.3 Å². The van der Waals surface area contributed by atoms with Crippen LogP contribution in [0.5, 0.6) is 0 Å². The van der Waals surface area contributed by atoms with Gasteiger partial charge in [-0.05, 0) is 33.6 Å². The smallest absolute Gasteiger partial charge is 0.408 e. The highest BCUT2D eigenvalue weighted by atomic mass is 16.6. The van der Waals surface area contributed by atoms with E-state index in [1.165, 1.54) is 6.92 Å². The zero-order valence-corrected chi connectivity index (χ0v) is 8.88. The third kappa shape index (κ3) is 5.20. The highest BCUT2D eigenvalue weighted by Crippen LogP contribution is 2.06. The Balaban J connectivity index is 4.09. The van der Waals surface area contributed by atoms with Crippen molar-refractivity contribution in [2.45, 2.75) is 39.3 Å². The zero-order chi connectivity index (χ0) is 11.4. The van der Waals surface area contributed by atoms with E-state index in [2.05, 4.69) is 5.32 Å². The SMILES string of the molecule is C#CC(=O)[C@H](C)NC(=O)OC(C)(C)C. The fourth-order valence-electron chi connectivity index (χ4n) is 0.675. The van der Waals surface area contributed by atoms with Crippen LogP contribution < -0.4 is 5.32 Å². The average Bonchev–Trinajstić information content (AvgIpc) is 1.99. The van der Waals surface area contributed by atoms with Gasteiger partial charge in [-0.1, -0.05) is 0 Å². The molecule has 1 atom stereocenters. The Morgan fingerprint density at radius 1 is 1.43 bits per heavy atom.